The standard InChI is InChI=1S/2C22H20N4O8S3.2Na/c2*1-9(27)34-6-10-7-35-19-14(18(29)26(19)15(10)21(32)33)25-17(28)16(12-8-36-22(23)24-12)37-13-5-3-2-4-11(13)20(30)31;;/h2*2-5,8,14,16,19H,6-7H2,1H3,(H2,23,24)(H,25,28)(H,30,31)(H,32,33);;/q;;2*+1/p-2/t2*14?,16?,19-;;/m11../s1. The van der Waals surface area contributed by atoms with E-state index in [1.54, 1.807) is 47.2 Å². The molecule has 4 aromatic rings. The van der Waals surface area contributed by atoms with Gasteiger partial charge in [0, 0.05) is 57.1 Å². The third-order valence-corrected chi connectivity index (χ3v) is 17.5. The number of anilines is 2. The number of carboxylic acid groups (broad SMARTS) is 4. The number of aromatic nitrogens is 2. The average molecular weight is 1170 g/mol. The summed E-state index contributed by atoms with van der Waals surface area (Å²) in [7, 11) is 0. The van der Waals surface area contributed by atoms with E-state index in [1.165, 1.54) is 49.5 Å². The van der Waals surface area contributed by atoms with Crippen LogP contribution >= 0.6 is 69.7 Å². The molecule has 32 heteroatoms. The van der Waals surface area contributed by atoms with Gasteiger partial charge >= 0.3 is 83.0 Å². The summed E-state index contributed by atoms with van der Waals surface area (Å²) in [5.41, 5.74) is 11.7. The van der Waals surface area contributed by atoms with Gasteiger partial charge in [-0.2, -0.15) is 0 Å². The van der Waals surface area contributed by atoms with E-state index < -0.39 is 92.8 Å². The Hall–Kier alpha value is -5.12. The van der Waals surface area contributed by atoms with Gasteiger partial charge in [-0.25, -0.2) is 19.6 Å². The van der Waals surface area contributed by atoms with Crippen molar-refractivity contribution in [3.8, 4) is 0 Å². The van der Waals surface area contributed by atoms with Crippen molar-refractivity contribution in [2.24, 2.45) is 0 Å². The number of aromatic carboxylic acids is 2. The molecule has 0 spiro atoms. The van der Waals surface area contributed by atoms with E-state index in [0.717, 1.165) is 56.0 Å². The number of fused-ring (bicyclic) bond motifs is 2. The summed E-state index contributed by atoms with van der Waals surface area (Å²) in [6.07, 6.45) is 0. The van der Waals surface area contributed by atoms with Crippen molar-refractivity contribution in [2.75, 3.05) is 36.2 Å². The van der Waals surface area contributed by atoms with Gasteiger partial charge in [0.2, 0.25) is 11.8 Å². The van der Waals surface area contributed by atoms with E-state index in [0.29, 0.717) is 9.79 Å². The molecule has 6 atom stereocenters. The number of hydrogen-bond donors (Lipinski definition) is 6. The number of ether oxygens (including phenoxy) is 2. The first kappa shape index (κ1) is 61.7. The van der Waals surface area contributed by atoms with E-state index in [-0.39, 0.29) is 139 Å². The Balaban J connectivity index is 0.000000274. The third kappa shape index (κ3) is 13.9. The van der Waals surface area contributed by atoms with Gasteiger partial charge in [-0.1, -0.05) is 24.3 Å². The number of hydrogen-bond acceptors (Lipinski definition) is 24. The third-order valence-electron chi connectivity index (χ3n) is 10.8. The van der Waals surface area contributed by atoms with E-state index >= 15 is 0 Å². The van der Waals surface area contributed by atoms with Gasteiger partial charge in [0.25, 0.3) is 11.8 Å². The van der Waals surface area contributed by atoms with Crippen LogP contribution in [0, 0.1) is 0 Å². The summed E-state index contributed by atoms with van der Waals surface area (Å²) in [5, 5.41) is 48.0. The summed E-state index contributed by atoms with van der Waals surface area (Å²) in [5.74, 6) is -9.04. The molecule has 4 aliphatic rings. The SMILES string of the molecule is CC(=O)OCC1=C(C(=O)[O-])N2C(=O)C(NC(=O)C(Sc3ccccc3C(=O)O)c3csc(N)n3)[C@H]2SC1.CC(=O)OCC1=C(C(=O)[O-])N2C(=O)C(NC(=O)C(Sc3ccccc3C(=O)O)c3csc(N)n3)[C@H]2SC1.[Na+].[Na+]. The Morgan fingerprint density at radius 3 is 1.33 bits per heavy atom. The normalized spacial score (nSPS) is 19.0. The molecule has 2 saturated heterocycles. The monoisotopic (exact) mass is 1170 g/mol. The quantitative estimate of drug-likeness (QED) is 0.0234. The van der Waals surface area contributed by atoms with Gasteiger partial charge in [0.1, 0.15) is 46.5 Å². The number of carboxylic acids is 4. The van der Waals surface area contributed by atoms with Crippen molar-refractivity contribution in [2.45, 2.75) is 57.0 Å². The van der Waals surface area contributed by atoms with Crippen LogP contribution in [0.5, 0.6) is 0 Å². The topological polar surface area (TPSA) is 384 Å². The molecule has 4 amide bonds. The number of nitrogen functional groups attached to an aromatic ring is 2. The number of aliphatic carboxylic acids is 2. The second kappa shape index (κ2) is 27.0. The van der Waals surface area contributed by atoms with Crippen molar-refractivity contribution < 1.29 is 137 Å². The van der Waals surface area contributed by atoms with Crippen LogP contribution in [-0.2, 0) is 47.8 Å². The summed E-state index contributed by atoms with van der Waals surface area (Å²) in [6.45, 7) is 1.76. The number of rotatable bonds is 18. The van der Waals surface area contributed by atoms with Gasteiger partial charge in [-0.15, -0.1) is 69.7 Å². The first-order valence-electron chi connectivity index (χ1n) is 21.2. The molecule has 8 N–H and O–H groups in total. The van der Waals surface area contributed by atoms with Crippen LogP contribution in [0.3, 0.4) is 0 Å². The summed E-state index contributed by atoms with van der Waals surface area (Å²) >= 11 is 6.49. The second-order valence-corrected chi connectivity index (χ2v) is 21.9. The van der Waals surface area contributed by atoms with Gasteiger partial charge in [-0.05, 0) is 24.3 Å². The van der Waals surface area contributed by atoms with Crippen molar-refractivity contribution in [1.29, 1.82) is 0 Å². The van der Waals surface area contributed by atoms with E-state index in [4.69, 9.17) is 20.9 Å². The summed E-state index contributed by atoms with van der Waals surface area (Å²) < 4.78 is 9.78. The molecule has 8 rings (SSSR count). The fraction of sp³-hybridized carbons (Fsp3) is 0.273. The number of thioether (sulfide) groups is 4. The van der Waals surface area contributed by atoms with Crippen LogP contribution < -0.4 is 91.4 Å². The van der Waals surface area contributed by atoms with Crippen molar-refractivity contribution in [1.82, 2.24) is 30.4 Å². The van der Waals surface area contributed by atoms with Gasteiger partial charge in [0.05, 0.1) is 45.8 Å². The minimum Gasteiger partial charge on any atom is -0.543 e. The number of nitrogens with one attached hydrogen (secondary N) is 2. The van der Waals surface area contributed by atoms with Gasteiger partial charge in [-0.3, -0.25) is 38.6 Å². The number of esters is 2. The van der Waals surface area contributed by atoms with Crippen LogP contribution in [-0.4, -0.2) is 137 Å². The number of carbonyl (C=O) groups excluding carboxylic acids is 8. The molecular weight excluding hydrogens is 1130 g/mol. The Kier molecular flexibility index (Phi) is 21.9. The molecule has 2 fully saturated rings. The Labute approximate surface area is 499 Å². The molecule has 0 saturated carbocycles. The van der Waals surface area contributed by atoms with Crippen LogP contribution in [0.2, 0.25) is 0 Å². The second-order valence-electron chi connectivity index (χ2n) is 15.7. The first-order valence-corrected chi connectivity index (χ1v) is 26.8. The van der Waals surface area contributed by atoms with E-state index in [9.17, 15) is 68.4 Å². The van der Waals surface area contributed by atoms with Crippen LogP contribution in [0.1, 0.15) is 56.5 Å². The molecule has 6 heterocycles. The number of nitrogens with zero attached hydrogens (tertiary/aromatic N) is 4. The summed E-state index contributed by atoms with van der Waals surface area (Å²) in [4.78, 5) is 133. The zero-order valence-corrected chi connectivity index (χ0v) is 49.0. The molecule has 4 unspecified atom stereocenters. The Morgan fingerprint density at radius 1 is 0.671 bits per heavy atom. The molecule has 2 aromatic heterocycles. The molecular formula is C44H38N8Na2O16S6. The molecule has 388 valence electrons. The first-order chi connectivity index (χ1) is 35.2. The number of nitrogens with two attached hydrogens (primary N) is 2. The van der Waals surface area contributed by atoms with Crippen molar-refractivity contribution >= 4 is 139 Å². The molecule has 76 heavy (non-hydrogen) atoms. The van der Waals surface area contributed by atoms with Crippen LogP contribution in [0.25, 0.3) is 0 Å². The summed E-state index contributed by atoms with van der Waals surface area (Å²) in [6, 6.07) is 10.2. The van der Waals surface area contributed by atoms with Crippen molar-refractivity contribution in [3.05, 3.63) is 104 Å². The van der Waals surface area contributed by atoms with E-state index in [1.807, 2.05) is 0 Å². The number of thiazole rings is 2. The predicted molar refractivity (Wildman–Crippen MR) is 264 cm³/mol. The minimum absolute atomic E-state index is 0. The maximum atomic E-state index is 13.4. The average Bonchev–Trinajstić information content (AvgIpc) is 4.00. The number of β-lactam (4-membered cyclic amide) rings is 2. The number of carbonyl (C=O) groups is 10. The Morgan fingerprint density at radius 2 is 1.03 bits per heavy atom. The number of amides is 4. The maximum absolute atomic E-state index is 13.4. The maximum Gasteiger partial charge on any atom is 1.00 e. The molecule has 0 radical (unpaired) electrons. The van der Waals surface area contributed by atoms with Crippen molar-refractivity contribution in [3.63, 3.8) is 0 Å². The fourth-order valence-corrected chi connectivity index (χ4v) is 13.7. The smallest absolute Gasteiger partial charge is 0.543 e. The van der Waals surface area contributed by atoms with E-state index in [2.05, 4.69) is 20.6 Å². The van der Waals surface area contributed by atoms with Gasteiger partial charge < -0.3 is 61.6 Å². The van der Waals surface area contributed by atoms with Crippen LogP contribution in [0.4, 0.5) is 10.3 Å². The number of benzene rings is 2. The largest absolute Gasteiger partial charge is 1.00 e. The zero-order valence-electron chi connectivity index (χ0n) is 40.1. The Bertz CT molecular complexity index is 2870. The molecule has 24 nitrogen and oxygen atoms in total. The van der Waals surface area contributed by atoms with Gasteiger partial charge in [0.15, 0.2) is 10.3 Å². The molecule has 0 aliphatic carbocycles. The fourth-order valence-electron chi connectivity index (χ4n) is 7.49. The molecule has 4 aliphatic heterocycles. The zero-order chi connectivity index (χ0) is 53.7. The molecule has 0 bridgehead atoms. The minimum atomic E-state index is -1.60. The predicted octanol–water partition coefficient (Wildman–Crippen LogP) is -5.54. The van der Waals surface area contributed by atoms with Crippen LogP contribution in [0.15, 0.2) is 91.6 Å². The molecule has 2 aromatic carbocycles.